The molecule has 0 spiro atoms. The molecule has 2 aliphatic rings. The minimum Gasteiger partial charge on any atom is -0.388 e. The van der Waals surface area contributed by atoms with Crippen molar-refractivity contribution in [1.29, 1.82) is 0 Å². The van der Waals surface area contributed by atoms with Crippen molar-refractivity contribution in [3.63, 3.8) is 0 Å². The number of likely N-dealkylation sites (tertiary alicyclic amines) is 1. The Kier molecular flexibility index (Phi) is 3.86. The maximum absolute atomic E-state index is 10.4. The van der Waals surface area contributed by atoms with Gasteiger partial charge >= 0.3 is 0 Å². The standard InChI is InChI=1S/C13H22N2O/c1-2-12-3-9-15(10-4-12)11-13(16)5-7-14-8-6-13/h1,12,14,16H,3-11H2. The largest absolute Gasteiger partial charge is 0.388 e. The number of nitrogens with one attached hydrogen (secondary N) is 1. The molecule has 3 nitrogen and oxygen atoms in total. The van der Waals surface area contributed by atoms with Crippen LogP contribution in [0.2, 0.25) is 0 Å². The Bertz CT molecular complexity index is 258. The van der Waals surface area contributed by atoms with E-state index in [9.17, 15) is 5.11 Å². The summed E-state index contributed by atoms with van der Waals surface area (Å²) in [4.78, 5) is 2.37. The Balaban J connectivity index is 1.79. The highest BCUT2D eigenvalue weighted by Crippen LogP contribution is 2.23. The molecule has 0 aromatic rings. The van der Waals surface area contributed by atoms with E-state index in [1.165, 1.54) is 0 Å². The van der Waals surface area contributed by atoms with Crippen LogP contribution >= 0.6 is 0 Å². The molecule has 2 fully saturated rings. The molecule has 2 N–H and O–H groups in total. The number of aliphatic hydroxyl groups is 1. The minimum absolute atomic E-state index is 0.457. The number of hydrogen-bond donors (Lipinski definition) is 2. The van der Waals surface area contributed by atoms with Gasteiger partial charge in [-0.05, 0) is 51.9 Å². The van der Waals surface area contributed by atoms with Crippen molar-refractivity contribution in [2.24, 2.45) is 5.92 Å². The van der Waals surface area contributed by atoms with Crippen molar-refractivity contribution in [3.8, 4) is 12.3 Å². The Hall–Kier alpha value is -0.560. The van der Waals surface area contributed by atoms with Gasteiger partial charge in [-0.15, -0.1) is 12.3 Å². The van der Waals surface area contributed by atoms with Crippen LogP contribution in [0.5, 0.6) is 0 Å². The lowest BCUT2D eigenvalue weighted by atomic mass is 9.90. The maximum Gasteiger partial charge on any atom is 0.0798 e. The normalized spacial score (nSPS) is 27.5. The average Bonchev–Trinajstić information content (AvgIpc) is 2.30. The highest BCUT2D eigenvalue weighted by atomic mass is 16.3. The van der Waals surface area contributed by atoms with E-state index in [0.717, 1.165) is 58.4 Å². The fourth-order valence-corrected chi connectivity index (χ4v) is 2.72. The lowest BCUT2D eigenvalue weighted by Gasteiger charge is -2.39. The maximum atomic E-state index is 10.4. The molecule has 2 heterocycles. The van der Waals surface area contributed by atoms with E-state index >= 15 is 0 Å². The Morgan fingerprint density at radius 2 is 1.94 bits per heavy atom. The van der Waals surface area contributed by atoms with Gasteiger partial charge in [-0.1, -0.05) is 0 Å². The van der Waals surface area contributed by atoms with Crippen LogP contribution in [-0.2, 0) is 0 Å². The molecule has 0 amide bonds. The van der Waals surface area contributed by atoms with Gasteiger partial charge in [0.1, 0.15) is 0 Å². The molecular weight excluding hydrogens is 200 g/mol. The third kappa shape index (κ3) is 2.98. The molecule has 2 saturated heterocycles. The van der Waals surface area contributed by atoms with Gasteiger partial charge in [-0.25, -0.2) is 0 Å². The molecule has 90 valence electrons. The first kappa shape index (κ1) is 11.9. The molecule has 0 radical (unpaired) electrons. The number of terminal acetylenes is 1. The predicted molar refractivity (Wildman–Crippen MR) is 65.1 cm³/mol. The Morgan fingerprint density at radius 1 is 1.31 bits per heavy atom. The molecule has 0 aromatic carbocycles. The van der Waals surface area contributed by atoms with Crippen LogP contribution in [-0.4, -0.2) is 48.3 Å². The van der Waals surface area contributed by atoms with Crippen LogP contribution in [0.1, 0.15) is 25.7 Å². The highest BCUT2D eigenvalue weighted by Gasteiger charge is 2.32. The van der Waals surface area contributed by atoms with Crippen molar-refractivity contribution in [2.45, 2.75) is 31.3 Å². The van der Waals surface area contributed by atoms with Crippen molar-refractivity contribution in [1.82, 2.24) is 10.2 Å². The Morgan fingerprint density at radius 3 is 2.50 bits per heavy atom. The smallest absolute Gasteiger partial charge is 0.0798 e. The molecule has 2 aliphatic heterocycles. The molecule has 16 heavy (non-hydrogen) atoms. The molecule has 0 atom stereocenters. The third-order valence-electron chi connectivity index (χ3n) is 3.88. The summed E-state index contributed by atoms with van der Waals surface area (Å²) in [7, 11) is 0. The topological polar surface area (TPSA) is 35.5 Å². The van der Waals surface area contributed by atoms with Gasteiger partial charge in [-0.3, -0.25) is 0 Å². The average molecular weight is 222 g/mol. The molecule has 0 unspecified atom stereocenters. The summed E-state index contributed by atoms with van der Waals surface area (Å²) in [6.07, 6.45) is 9.36. The Labute approximate surface area is 98.2 Å². The summed E-state index contributed by atoms with van der Waals surface area (Å²) in [6, 6.07) is 0. The number of rotatable bonds is 2. The zero-order valence-electron chi connectivity index (χ0n) is 9.91. The summed E-state index contributed by atoms with van der Waals surface area (Å²) in [5, 5.41) is 13.7. The first-order valence-electron chi connectivity index (χ1n) is 6.33. The molecular formula is C13H22N2O. The summed E-state index contributed by atoms with van der Waals surface area (Å²) >= 11 is 0. The van der Waals surface area contributed by atoms with Crippen LogP contribution in [0.25, 0.3) is 0 Å². The van der Waals surface area contributed by atoms with Gasteiger partial charge in [0.15, 0.2) is 0 Å². The van der Waals surface area contributed by atoms with Crippen molar-refractivity contribution >= 4 is 0 Å². The van der Waals surface area contributed by atoms with Gasteiger partial charge in [0.2, 0.25) is 0 Å². The van der Waals surface area contributed by atoms with Crippen LogP contribution in [0.3, 0.4) is 0 Å². The number of piperidine rings is 2. The summed E-state index contributed by atoms with van der Waals surface area (Å²) in [6.45, 7) is 4.80. The predicted octanol–water partition coefficient (Wildman–Crippen LogP) is 0.446. The van der Waals surface area contributed by atoms with Crippen LogP contribution in [0.4, 0.5) is 0 Å². The second-order valence-electron chi connectivity index (χ2n) is 5.19. The van der Waals surface area contributed by atoms with Gasteiger partial charge < -0.3 is 15.3 Å². The van der Waals surface area contributed by atoms with E-state index in [0.29, 0.717) is 5.92 Å². The monoisotopic (exact) mass is 222 g/mol. The van der Waals surface area contributed by atoms with E-state index in [4.69, 9.17) is 6.42 Å². The van der Waals surface area contributed by atoms with Gasteiger partial charge in [0, 0.05) is 12.5 Å². The quantitative estimate of drug-likeness (QED) is 0.666. The number of hydrogen-bond acceptors (Lipinski definition) is 3. The second-order valence-corrected chi connectivity index (χ2v) is 5.19. The molecule has 0 bridgehead atoms. The summed E-state index contributed by atoms with van der Waals surface area (Å²) in [5.74, 6) is 3.30. The van der Waals surface area contributed by atoms with Gasteiger partial charge in [0.25, 0.3) is 0 Å². The first-order chi connectivity index (χ1) is 7.72. The SMILES string of the molecule is C#CC1CCN(CC2(O)CCNCC2)CC1. The molecule has 2 rings (SSSR count). The van der Waals surface area contributed by atoms with Crippen molar-refractivity contribution < 1.29 is 5.11 Å². The minimum atomic E-state index is -0.464. The zero-order valence-corrected chi connectivity index (χ0v) is 9.91. The molecule has 0 aromatic heterocycles. The molecule has 0 aliphatic carbocycles. The molecule has 0 saturated carbocycles. The molecule has 3 heteroatoms. The van der Waals surface area contributed by atoms with Crippen molar-refractivity contribution in [3.05, 3.63) is 0 Å². The number of nitrogens with zero attached hydrogens (tertiary/aromatic N) is 1. The van der Waals surface area contributed by atoms with E-state index < -0.39 is 5.60 Å². The zero-order chi connectivity index (χ0) is 11.4. The fraction of sp³-hybridized carbons (Fsp3) is 0.846. The van der Waals surface area contributed by atoms with Crippen LogP contribution in [0, 0.1) is 18.3 Å². The third-order valence-corrected chi connectivity index (χ3v) is 3.88. The van der Waals surface area contributed by atoms with Crippen LogP contribution < -0.4 is 5.32 Å². The fourth-order valence-electron chi connectivity index (χ4n) is 2.72. The van der Waals surface area contributed by atoms with E-state index in [1.54, 1.807) is 0 Å². The summed E-state index contributed by atoms with van der Waals surface area (Å²) in [5.41, 5.74) is -0.464. The first-order valence-corrected chi connectivity index (χ1v) is 6.33. The highest BCUT2D eigenvalue weighted by molar-refractivity contribution is 4.96. The second kappa shape index (κ2) is 5.18. The van der Waals surface area contributed by atoms with E-state index in [-0.39, 0.29) is 0 Å². The van der Waals surface area contributed by atoms with E-state index in [1.807, 2.05) is 0 Å². The lowest BCUT2D eigenvalue weighted by Crippen LogP contribution is -2.51. The van der Waals surface area contributed by atoms with E-state index in [2.05, 4.69) is 16.1 Å². The van der Waals surface area contributed by atoms with Crippen LogP contribution in [0.15, 0.2) is 0 Å². The van der Waals surface area contributed by atoms with Gasteiger partial charge in [-0.2, -0.15) is 0 Å². The summed E-state index contributed by atoms with van der Waals surface area (Å²) < 4.78 is 0. The lowest BCUT2D eigenvalue weighted by molar-refractivity contribution is -0.0261. The van der Waals surface area contributed by atoms with Crippen molar-refractivity contribution in [2.75, 3.05) is 32.7 Å². The number of β-amino-alcohol motifs (C(OH)–C–C–N with tert-alkyl or cyclic N) is 1. The van der Waals surface area contributed by atoms with Gasteiger partial charge in [0.05, 0.1) is 5.60 Å².